The molecule has 0 bridgehead atoms. The van der Waals surface area contributed by atoms with Crippen LogP contribution in [-0.4, -0.2) is 0 Å². The van der Waals surface area contributed by atoms with Crippen LogP contribution in [0.4, 0.5) is 0 Å². The average molecular weight is 327 g/mol. The summed E-state index contributed by atoms with van der Waals surface area (Å²) >= 11 is 0. The van der Waals surface area contributed by atoms with Gasteiger partial charge in [-0.2, -0.15) is 0 Å². The van der Waals surface area contributed by atoms with E-state index in [4.69, 9.17) is 0 Å². The van der Waals surface area contributed by atoms with Crippen molar-refractivity contribution >= 4 is 0 Å². The quantitative estimate of drug-likeness (QED) is 0.456. The predicted molar refractivity (Wildman–Crippen MR) is 106 cm³/mol. The van der Waals surface area contributed by atoms with Crippen molar-refractivity contribution < 1.29 is 0 Å². The van der Waals surface area contributed by atoms with Crippen LogP contribution in [-0.2, 0) is 12.8 Å². The molecule has 0 nitrogen and oxygen atoms in total. The van der Waals surface area contributed by atoms with Gasteiger partial charge < -0.3 is 0 Å². The highest BCUT2D eigenvalue weighted by atomic mass is 14.3. The molecule has 3 rings (SSSR count). The Labute approximate surface area is 150 Å². The summed E-state index contributed by atoms with van der Waals surface area (Å²) in [6, 6.07) is 7.54. The summed E-state index contributed by atoms with van der Waals surface area (Å²) < 4.78 is 0. The fourth-order valence-corrected chi connectivity index (χ4v) is 5.10. The second-order valence-electron chi connectivity index (χ2n) is 8.61. The molecule has 24 heavy (non-hydrogen) atoms. The number of hydrogen-bond acceptors (Lipinski definition) is 0. The number of fused-ring (bicyclic) bond motifs is 1. The van der Waals surface area contributed by atoms with Crippen molar-refractivity contribution in [2.45, 2.75) is 103 Å². The lowest BCUT2D eigenvalue weighted by Gasteiger charge is -2.30. The topological polar surface area (TPSA) is 0 Å². The molecule has 1 atom stereocenters. The molecule has 1 aromatic rings. The van der Waals surface area contributed by atoms with Crippen LogP contribution in [0.25, 0.3) is 0 Å². The van der Waals surface area contributed by atoms with Crippen molar-refractivity contribution in [3.8, 4) is 0 Å². The number of aryl methyl sites for hydroxylation is 1. The summed E-state index contributed by atoms with van der Waals surface area (Å²) in [7, 11) is 0. The van der Waals surface area contributed by atoms with Crippen molar-refractivity contribution in [2.24, 2.45) is 11.8 Å². The summed E-state index contributed by atoms with van der Waals surface area (Å²) in [5.41, 5.74) is 4.99. The zero-order valence-electron chi connectivity index (χ0n) is 16.2. The molecule has 0 amide bonds. The molecule has 1 aromatic carbocycles. The molecule has 1 unspecified atom stereocenters. The molecule has 2 aliphatic carbocycles. The summed E-state index contributed by atoms with van der Waals surface area (Å²) in [6.45, 7) is 4.66. The van der Waals surface area contributed by atoms with E-state index in [1.54, 1.807) is 16.7 Å². The lowest BCUT2D eigenvalue weighted by atomic mass is 9.75. The molecule has 1 fully saturated rings. The summed E-state index contributed by atoms with van der Waals surface area (Å²) in [6.07, 6.45) is 18.5. The average Bonchev–Trinajstić information content (AvgIpc) is 2.65. The largest absolute Gasteiger partial charge is 0.0654 e. The van der Waals surface area contributed by atoms with Gasteiger partial charge in [0.15, 0.2) is 0 Å². The third-order valence-electron chi connectivity index (χ3n) is 6.92. The highest BCUT2D eigenvalue weighted by molar-refractivity contribution is 5.36. The van der Waals surface area contributed by atoms with E-state index in [2.05, 4.69) is 32.0 Å². The molecule has 0 spiro atoms. The second-order valence-corrected chi connectivity index (χ2v) is 8.61. The van der Waals surface area contributed by atoms with E-state index in [0.717, 1.165) is 17.8 Å². The first kappa shape index (κ1) is 18.0. The van der Waals surface area contributed by atoms with Crippen molar-refractivity contribution in [3.63, 3.8) is 0 Å². The molecule has 0 radical (unpaired) electrons. The molecule has 0 N–H and O–H groups in total. The summed E-state index contributed by atoms with van der Waals surface area (Å²) in [5.74, 6) is 2.82. The predicted octanol–water partition coefficient (Wildman–Crippen LogP) is 7.45. The maximum atomic E-state index is 2.59. The first-order valence-electron chi connectivity index (χ1n) is 10.9. The van der Waals surface area contributed by atoms with Gasteiger partial charge in [0.25, 0.3) is 0 Å². The zero-order valence-corrected chi connectivity index (χ0v) is 16.2. The van der Waals surface area contributed by atoms with E-state index in [1.807, 2.05) is 0 Å². The Hall–Kier alpha value is -0.780. The molecule has 134 valence electrons. The Morgan fingerprint density at radius 2 is 1.67 bits per heavy atom. The third kappa shape index (κ3) is 4.64. The smallest absolute Gasteiger partial charge is 0.0162 e. The molecular weight excluding hydrogens is 288 g/mol. The van der Waals surface area contributed by atoms with Gasteiger partial charge in [0, 0.05) is 0 Å². The van der Waals surface area contributed by atoms with Gasteiger partial charge in [-0.25, -0.2) is 0 Å². The normalized spacial score (nSPS) is 27.0. The van der Waals surface area contributed by atoms with Gasteiger partial charge in [-0.3, -0.25) is 0 Å². The number of hydrogen-bond donors (Lipinski definition) is 0. The standard InChI is InChI=1S/C24H38/c1-3-5-6-7-8-20-10-12-21(13-11-20)23-16-15-22-17-19(4-2)9-14-24(22)18-23/h15-16,18-21H,3-14,17H2,1-2H3. The lowest BCUT2D eigenvalue weighted by Crippen LogP contribution is -2.16. The Morgan fingerprint density at radius 1 is 0.833 bits per heavy atom. The van der Waals surface area contributed by atoms with Gasteiger partial charge in [0.1, 0.15) is 0 Å². The zero-order chi connectivity index (χ0) is 16.8. The lowest BCUT2D eigenvalue weighted by molar-refractivity contribution is 0.302. The molecule has 0 saturated heterocycles. The molecular formula is C24H38. The van der Waals surface area contributed by atoms with Crippen molar-refractivity contribution in [1.82, 2.24) is 0 Å². The van der Waals surface area contributed by atoms with E-state index in [0.29, 0.717) is 0 Å². The molecule has 1 saturated carbocycles. The van der Waals surface area contributed by atoms with Crippen LogP contribution in [0.2, 0.25) is 0 Å². The van der Waals surface area contributed by atoms with Gasteiger partial charge in [-0.15, -0.1) is 0 Å². The van der Waals surface area contributed by atoms with E-state index in [1.165, 1.54) is 83.5 Å². The van der Waals surface area contributed by atoms with Gasteiger partial charge in [-0.05, 0) is 79.4 Å². The monoisotopic (exact) mass is 326 g/mol. The molecule has 0 aromatic heterocycles. The SMILES string of the molecule is CCCCCCC1CCC(c2ccc3c(c2)CCC(CC)C3)CC1. The minimum absolute atomic E-state index is 0.853. The molecule has 2 aliphatic rings. The van der Waals surface area contributed by atoms with Gasteiger partial charge in [-0.1, -0.05) is 70.6 Å². The highest BCUT2D eigenvalue weighted by Crippen LogP contribution is 2.39. The van der Waals surface area contributed by atoms with E-state index >= 15 is 0 Å². The van der Waals surface area contributed by atoms with Crippen LogP contribution in [0.1, 0.15) is 107 Å². The van der Waals surface area contributed by atoms with E-state index < -0.39 is 0 Å². The van der Waals surface area contributed by atoms with Crippen molar-refractivity contribution in [2.75, 3.05) is 0 Å². The Balaban J connectivity index is 1.50. The maximum Gasteiger partial charge on any atom is -0.0162 e. The Morgan fingerprint density at radius 3 is 2.42 bits per heavy atom. The molecule has 0 heterocycles. The van der Waals surface area contributed by atoms with Crippen LogP contribution in [0.5, 0.6) is 0 Å². The van der Waals surface area contributed by atoms with Crippen LogP contribution in [0.3, 0.4) is 0 Å². The van der Waals surface area contributed by atoms with Crippen molar-refractivity contribution in [3.05, 3.63) is 34.9 Å². The maximum absolute atomic E-state index is 2.59. The fraction of sp³-hybridized carbons (Fsp3) is 0.750. The van der Waals surface area contributed by atoms with E-state index in [-0.39, 0.29) is 0 Å². The van der Waals surface area contributed by atoms with Gasteiger partial charge >= 0.3 is 0 Å². The minimum atomic E-state index is 0.853. The van der Waals surface area contributed by atoms with E-state index in [9.17, 15) is 0 Å². The first-order chi connectivity index (χ1) is 11.8. The summed E-state index contributed by atoms with van der Waals surface area (Å²) in [5, 5.41) is 0. The number of rotatable bonds is 7. The van der Waals surface area contributed by atoms with Gasteiger partial charge in [0.2, 0.25) is 0 Å². The van der Waals surface area contributed by atoms with Crippen LogP contribution >= 0.6 is 0 Å². The highest BCUT2D eigenvalue weighted by Gasteiger charge is 2.24. The minimum Gasteiger partial charge on any atom is -0.0654 e. The Kier molecular flexibility index (Phi) is 6.81. The molecule has 0 heteroatoms. The Bertz CT molecular complexity index is 493. The fourth-order valence-electron chi connectivity index (χ4n) is 5.10. The van der Waals surface area contributed by atoms with Crippen molar-refractivity contribution in [1.29, 1.82) is 0 Å². The number of benzene rings is 1. The van der Waals surface area contributed by atoms with Crippen LogP contribution < -0.4 is 0 Å². The first-order valence-corrected chi connectivity index (χ1v) is 10.9. The third-order valence-corrected chi connectivity index (χ3v) is 6.92. The molecule has 0 aliphatic heterocycles. The van der Waals surface area contributed by atoms with Crippen LogP contribution in [0, 0.1) is 11.8 Å². The van der Waals surface area contributed by atoms with Crippen LogP contribution in [0.15, 0.2) is 18.2 Å². The second kappa shape index (κ2) is 9.07. The number of unbranched alkanes of at least 4 members (excludes halogenated alkanes) is 3. The summed E-state index contributed by atoms with van der Waals surface area (Å²) in [4.78, 5) is 0. The van der Waals surface area contributed by atoms with Gasteiger partial charge in [0.05, 0.1) is 0 Å².